The zero-order valence-electron chi connectivity index (χ0n) is 15.5. The molecule has 0 aliphatic rings. The molecule has 2 aromatic carbocycles. The molecule has 9 heteroatoms. The number of nitrogens with zero attached hydrogens (tertiary/aromatic N) is 4. The molecule has 0 unspecified atom stereocenters. The fraction of sp³-hybridized carbons (Fsp3) is 0.200. The van der Waals surface area contributed by atoms with Gasteiger partial charge in [-0.05, 0) is 43.3 Å². The molecule has 2 heterocycles. The van der Waals surface area contributed by atoms with Gasteiger partial charge in [-0.25, -0.2) is 0 Å². The van der Waals surface area contributed by atoms with Gasteiger partial charge in [0.15, 0.2) is 0 Å². The van der Waals surface area contributed by atoms with E-state index >= 15 is 0 Å². The zero-order chi connectivity index (χ0) is 20.4. The average molecular weight is 412 g/mol. The summed E-state index contributed by atoms with van der Waals surface area (Å²) in [6.45, 7) is 2.66. The molecule has 0 amide bonds. The molecule has 0 spiro atoms. The first-order chi connectivity index (χ1) is 14.0. The minimum Gasteiger partial charge on any atom is -0.550 e. The topological polar surface area (TPSA) is 106 Å². The number of carbonyl (C=O) groups is 1. The number of hydrogen-bond donors (Lipinski definition) is 0. The summed E-state index contributed by atoms with van der Waals surface area (Å²) in [7, 11) is 0. The maximum absolute atomic E-state index is 10.7. The van der Waals surface area contributed by atoms with Crippen molar-refractivity contribution in [2.45, 2.75) is 19.9 Å². The van der Waals surface area contributed by atoms with Crippen LogP contribution in [0.4, 0.5) is 0 Å². The van der Waals surface area contributed by atoms with Gasteiger partial charge in [0.2, 0.25) is 5.82 Å². The van der Waals surface area contributed by atoms with Crippen molar-refractivity contribution in [3.63, 3.8) is 0 Å². The summed E-state index contributed by atoms with van der Waals surface area (Å²) in [5, 5.41) is 20.3. The number of halogens is 1. The number of aliphatic carboxylic acids is 1. The lowest BCUT2D eigenvalue weighted by Gasteiger charge is -2.05. The van der Waals surface area contributed by atoms with E-state index in [9.17, 15) is 9.90 Å². The maximum Gasteiger partial charge on any atom is 0.258 e. The Morgan fingerprint density at radius 3 is 2.83 bits per heavy atom. The molecule has 29 heavy (non-hydrogen) atoms. The summed E-state index contributed by atoms with van der Waals surface area (Å²) >= 11 is 6.23. The first-order valence-electron chi connectivity index (χ1n) is 8.97. The molecule has 0 radical (unpaired) electrons. The van der Waals surface area contributed by atoms with E-state index in [1.54, 1.807) is 29.1 Å². The number of carboxylic acids is 1. The number of rotatable bonds is 7. The number of carboxylic acid groups (broad SMARTS) is 1. The van der Waals surface area contributed by atoms with Crippen LogP contribution in [0.25, 0.3) is 33.7 Å². The molecular formula is C20H16ClN4O4-. The van der Waals surface area contributed by atoms with Crippen molar-refractivity contribution in [1.82, 2.24) is 19.9 Å². The second-order valence-corrected chi connectivity index (χ2v) is 6.67. The molecule has 0 N–H and O–H groups in total. The van der Waals surface area contributed by atoms with Crippen molar-refractivity contribution in [2.24, 2.45) is 0 Å². The molecule has 0 aliphatic heterocycles. The number of benzene rings is 2. The third-order valence-electron chi connectivity index (χ3n) is 4.33. The Labute approximate surface area is 170 Å². The number of ether oxygens (including phenoxy) is 1. The largest absolute Gasteiger partial charge is 0.550 e. The fourth-order valence-electron chi connectivity index (χ4n) is 2.97. The molecule has 0 aliphatic carbocycles. The lowest BCUT2D eigenvalue weighted by molar-refractivity contribution is -0.305. The Morgan fingerprint density at radius 1 is 1.24 bits per heavy atom. The summed E-state index contributed by atoms with van der Waals surface area (Å²) in [6.07, 6.45) is 1.57. The van der Waals surface area contributed by atoms with E-state index in [1.807, 2.05) is 25.1 Å². The predicted molar refractivity (Wildman–Crippen MR) is 104 cm³/mol. The minimum atomic E-state index is -1.11. The number of aromatic nitrogens is 4. The number of carbonyl (C=O) groups excluding carboxylic acids is 1. The van der Waals surface area contributed by atoms with E-state index in [0.717, 1.165) is 16.5 Å². The molecule has 2 aromatic heterocycles. The van der Waals surface area contributed by atoms with Crippen LogP contribution in [0.15, 0.2) is 47.1 Å². The molecule has 0 bridgehead atoms. The van der Waals surface area contributed by atoms with Crippen molar-refractivity contribution in [3.05, 3.63) is 47.6 Å². The van der Waals surface area contributed by atoms with Crippen molar-refractivity contribution < 1.29 is 19.2 Å². The van der Waals surface area contributed by atoms with Gasteiger partial charge in [0.05, 0.1) is 23.3 Å². The highest BCUT2D eigenvalue weighted by Gasteiger charge is 2.14. The highest BCUT2D eigenvalue weighted by atomic mass is 35.5. The monoisotopic (exact) mass is 411 g/mol. The van der Waals surface area contributed by atoms with Gasteiger partial charge in [-0.1, -0.05) is 16.8 Å². The second kappa shape index (κ2) is 7.92. The van der Waals surface area contributed by atoms with Crippen molar-refractivity contribution in [2.75, 3.05) is 6.61 Å². The van der Waals surface area contributed by atoms with Crippen LogP contribution in [0.1, 0.15) is 13.3 Å². The van der Waals surface area contributed by atoms with Gasteiger partial charge in [-0.2, -0.15) is 10.1 Å². The molecular weight excluding hydrogens is 396 g/mol. The molecule has 4 rings (SSSR count). The normalized spacial score (nSPS) is 11.1. The Morgan fingerprint density at radius 2 is 2.07 bits per heavy atom. The Bertz CT molecular complexity index is 1180. The molecule has 148 valence electrons. The molecule has 0 saturated carbocycles. The predicted octanol–water partition coefficient (Wildman–Crippen LogP) is 2.95. The Balaban J connectivity index is 1.60. The molecule has 0 saturated heterocycles. The van der Waals surface area contributed by atoms with Crippen LogP contribution in [-0.2, 0) is 11.3 Å². The molecule has 0 atom stereocenters. The second-order valence-electron chi connectivity index (χ2n) is 6.26. The molecule has 4 aromatic rings. The number of hydrogen-bond acceptors (Lipinski definition) is 7. The third-order valence-corrected chi connectivity index (χ3v) is 4.63. The van der Waals surface area contributed by atoms with Crippen LogP contribution >= 0.6 is 11.6 Å². The fourth-order valence-corrected chi connectivity index (χ4v) is 3.20. The summed E-state index contributed by atoms with van der Waals surface area (Å²) in [5.74, 6) is 0.252. The highest BCUT2D eigenvalue weighted by Crippen LogP contribution is 2.31. The van der Waals surface area contributed by atoms with Gasteiger partial charge in [-0.15, -0.1) is 0 Å². The van der Waals surface area contributed by atoms with Crippen molar-refractivity contribution in [1.29, 1.82) is 0 Å². The third kappa shape index (κ3) is 3.93. The van der Waals surface area contributed by atoms with E-state index in [0.29, 0.717) is 34.7 Å². The van der Waals surface area contributed by atoms with Crippen LogP contribution in [0.5, 0.6) is 5.75 Å². The van der Waals surface area contributed by atoms with E-state index < -0.39 is 5.97 Å². The number of fused-ring (bicyclic) bond motifs is 1. The summed E-state index contributed by atoms with van der Waals surface area (Å²) in [5.41, 5.74) is 2.26. The quantitative estimate of drug-likeness (QED) is 0.460. The summed E-state index contributed by atoms with van der Waals surface area (Å²) in [4.78, 5) is 15.1. The summed E-state index contributed by atoms with van der Waals surface area (Å²) in [6, 6.07) is 10.8. The zero-order valence-corrected chi connectivity index (χ0v) is 16.2. The van der Waals surface area contributed by atoms with E-state index in [1.165, 1.54) is 0 Å². The SMILES string of the molecule is CCOc1ccc(-c2nc(-c3ccc4c(cnn4CCC(=O)[O-])c3)no2)cc1Cl. The van der Waals surface area contributed by atoms with E-state index in [2.05, 4.69) is 15.2 Å². The van der Waals surface area contributed by atoms with Gasteiger partial charge < -0.3 is 19.2 Å². The first-order valence-corrected chi connectivity index (χ1v) is 9.35. The lowest BCUT2D eigenvalue weighted by atomic mass is 10.1. The number of aryl methyl sites for hydroxylation is 1. The molecule has 8 nitrogen and oxygen atoms in total. The summed E-state index contributed by atoms with van der Waals surface area (Å²) < 4.78 is 12.4. The van der Waals surface area contributed by atoms with Crippen LogP contribution in [-0.4, -0.2) is 32.5 Å². The van der Waals surface area contributed by atoms with Crippen LogP contribution in [0.2, 0.25) is 5.02 Å². The van der Waals surface area contributed by atoms with Crippen LogP contribution in [0, 0.1) is 0 Å². The smallest absolute Gasteiger partial charge is 0.258 e. The van der Waals surface area contributed by atoms with E-state index in [4.69, 9.17) is 20.9 Å². The van der Waals surface area contributed by atoms with Crippen molar-refractivity contribution in [3.8, 4) is 28.6 Å². The maximum atomic E-state index is 10.7. The van der Waals surface area contributed by atoms with Gasteiger partial charge in [0.1, 0.15) is 5.75 Å². The lowest BCUT2D eigenvalue weighted by Crippen LogP contribution is -2.23. The Hall–Kier alpha value is -3.39. The average Bonchev–Trinajstić information content (AvgIpc) is 3.35. The van der Waals surface area contributed by atoms with E-state index in [-0.39, 0.29) is 13.0 Å². The van der Waals surface area contributed by atoms with Gasteiger partial charge in [0.25, 0.3) is 5.89 Å². The van der Waals surface area contributed by atoms with Gasteiger partial charge >= 0.3 is 0 Å². The van der Waals surface area contributed by atoms with Crippen LogP contribution < -0.4 is 9.84 Å². The van der Waals surface area contributed by atoms with Gasteiger partial charge in [-0.3, -0.25) is 4.68 Å². The van der Waals surface area contributed by atoms with Crippen molar-refractivity contribution >= 4 is 28.5 Å². The highest BCUT2D eigenvalue weighted by molar-refractivity contribution is 6.32. The van der Waals surface area contributed by atoms with Gasteiger partial charge in [0, 0.05) is 35.4 Å². The first kappa shape index (κ1) is 18.9. The van der Waals surface area contributed by atoms with Crippen LogP contribution in [0.3, 0.4) is 0 Å². The molecule has 0 fully saturated rings. The standard InChI is InChI=1S/C20H17ClN4O4/c1-2-28-17-6-4-13(10-15(17)21)20-23-19(24-29-20)12-3-5-16-14(9-12)11-22-25(16)8-7-18(26)27/h3-6,9-11H,2,7-8H2,1H3,(H,26,27)/p-1. The minimum absolute atomic E-state index is 0.0998. The Kier molecular flexibility index (Phi) is 5.18.